The molecule has 122 valence electrons. The third-order valence-electron chi connectivity index (χ3n) is 3.62. The molecule has 0 radical (unpaired) electrons. The molecule has 0 unspecified atom stereocenters. The van der Waals surface area contributed by atoms with Gasteiger partial charge in [0.15, 0.2) is 0 Å². The zero-order valence-electron chi connectivity index (χ0n) is 12.4. The number of halogens is 1. The van der Waals surface area contributed by atoms with Gasteiger partial charge in [-0.1, -0.05) is 23.7 Å². The molecule has 0 saturated heterocycles. The molecule has 0 fully saturated rings. The number of hydrogen-bond acceptors (Lipinski definition) is 4. The van der Waals surface area contributed by atoms with E-state index in [2.05, 4.69) is 0 Å². The minimum atomic E-state index is -1.15. The van der Waals surface area contributed by atoms with Crippen LogP contribution in [0.1, 0.15) is 31.1 Å². The number of imide groups is 1. The summed E-state index contributed by atoms with van der Waals surface area (Å²) in [6, 6.07) is 10.7. The Morgan fingerprint density at radius 2 is 1.71 bits per heavy atom. The summed E-state index contributed by atoms with van der Waals surface area (Å²) >= 11 is 5.84. The lowest BCUT2D eigenvalue weighted by Gasteiger charge is -2.15. The summed E-state index contributed by atoms with van der Waals surface area (Å²) in [4.78, 5) is 36.7. The Bertz CT molecular complexity index is 814. The second kappa shape index (κ2) is 6.33. The molecule has 0 bridgehead atoms. The van der Waals surface area contributed by atoms with Crippen LogP contribution in [0.5, 0.6) is 5.75 Å². The number of rotatable bonds is 5. The van der Waals surface area contributed by atoms with Crippen molar-refractivity contribution in [1.29, 1.82) is 0 Å². The van der Waals surface area contributed by atoms with E-state index in [9.17, 15) is 14.4 Å². The zero-order valence-corrected chi connectivity index (χ0v) is 13.1. The number of carboxylic acid groups (broad SMARTS) is 1. The Kier molecular flexibility index (Phi) is 4.22. The van der Waals surface area contributed by atoms with Crippen molar-refractivity contribution in [3.63, 3.8) is 0 Å². The van der Waals surface area contributed by atoms with E-state index in [1.807, 2.05) is 0 Å². The number of carbonyl (C=O) groups is 3. The molecule has 1 heterocycles. The average Bonchev–Trinajstić information content (AvgIpc) is 2.80. The van der Waals surface area contributed by atoms with Crippen molar-refractivity contribution in [1.82, 2.24) is 4.90 Å². The third-order valence-corrected chi connectivity index (χ3v) is 3.86. The summed E-state index contributed by atoms with van der Waals surface area (Å²) in [7, 11) is 0. The Hall–Kier alpha value is -2.86. The van der Waals surface area contributed by atoms with Crippen LogP contribution in [0.3, 0.4) is 0 Å². The first-order valence-electron chi connectivity index (χ1n) is 7.10. The largest absolute Gasteiger partial charge is 0.491 e. The van der Waals surface area contributed by atoms with Crippen LogP contribution < -0.4 is 4.74 Å². The van der Waals surface area contributed by atoms with E-state index in [1.165, 1.54) is 18.2 Å². The lowest BCUT2D eigenvalue weighted by Crippen LogP contribution is -2.33. The van der Waals surface area contributed by atoms with Crippen LogP contribution in [0.25, 0.3) is 0 Å². The Morgan fingerprint density at radius 1 is 1.08 bits per heavy atom. The van der Waals surface area contributed by atoms with Crippen molar-refractivity contribution >= 4 is 29.4 Å². The van der Waals surface area contributed by atoms with Gasteiger partial charge in [-0.25, -0.2) is 4.79 Å². The molecule has 3 rings (SSSR count). The zero-order chi connectivity index (χ0) is 17.3. The summed E-state index contributed by atoms with van der Waals surface area (Å²) in [6.07, 6.45) is 0. The molecule has 0 aromatic heterocycles. The molecular formula is C17H12ClNO5. The molecule has 1 aliphatic heterocycles. The minimum Gasteiger partial charge on any atom is -0.491 e. The molecule has 0 spiro atoms. The van der Waals surface area contributed by atoms with Crippen LogP contribution in [0.2, 0.25) is 5.02 Å². The fourth-order valence-corrected chi connectivity index (χ4v) is 2.64. The highest BCUT2D eigenvalue weighted by Gasteiger charge is 2.34. The van der Waals surface area contributed by atoms with Gasteiger partial charge in [0, 0.05) is 5.02 Å². The number of hydrogen-bond donors (Lipinski definition) is 1. The smallest absolute Gasteiger partial charge is 0.339 e. The fraction of sp³-hybridized carbons (Fsp3) is 0.118. The molecule has 0 saturated carbocycles. The number of nitrogens with zero attached hydrogens (tertiary/aromatic N) is 1. The average molecular weight is 346 g/mol. The number of carbonyl (C=O) groups excluding carboxylic acids is 2. The van der Waals surface area contributed by atoms with Gasteiger partial charge in [-0.2, -0.15) is 0 Å². The summed E-state index contributed by atoms with van der Waals surface area (Å²) < 4.78 is 5.43. The van der Waals surface area contributed by atoms with Gasteiger partial charge >= 0.3 is 5.97 Å². The first kappa shape index (κ1) is 16.0. The molecule has 0 aliphatic carbocycles. The summed E-state index contributed by atoms with van der Waals surface area (Å²) in [5.74, 6) is -1.83. The van der Waals surface area contributed by atoms with Crippen molar-refractivity contribution in [2.24, 2.45) is 0 Å². The summed E-state index contributed by atoms with van der Waals surface area (Å²) in [5, 5.41) is 9.46. The third kappa shape index (κ3) is 2.83. The predicted molar refractivity (Wildman–Crippen MR) is 85.7 cm³/mol. The van der Waals surface area contributed by atoms with Crippen molar-refractivity contribution in [3.8, 4) is 5.75 Å². The Morgan fingerprint density at radius 3 is 2.29 bits per heavy atom. The number of aromatic carboxylic acids is 1. The van der Waals surface area contributed by atoms with E-state index in [0.29, 0.717) is 16.1 Å². The predicted octanol–water partition coefficient (Wildman–Crippen LogP) is 2.71. The van der Waals surface area contributed by atoms with E-state index >= 15 is 0 Å². The molecule has 2 aromatic carbocycles. The maximum absolute atomic E-state index is 12.2. The second-order valence-corrected chi connectivity index (χ2v) is 5.54. The minimum absolute atomic E-state index is 0.0118. The number of carboxylic acids is 1. The highest BCUT2D eigenvalue weighted by molar-refractivity contribution is 6.30. The number of amides is 2. The monoisotopic (exact) mass is 345 g/mol. The van der Waals surface area contributed by atoms with Gasteiger partial charge in [0.05, 0.1) is 17.7 Å². The summed E-state index contributed by atoms with van der Waals surface area (Å²) in [5.41, 5.74) is 0.676. The quantitative estimate of drug-likeness (QED) is 0.842. The number of ether oxygens (including phenoxy) is 1. The van der Waals surface area contributed by atoms with Crippen molar-refractivity contribution in [2.75, 3.05) is 13.2 Å². The van der Waals surface area contributed by atoms with Gasteiger partial charge in [-0.15, -0.1) is 0 Å². The normalized spacial score (nSPS) is 13.1. The standard InChI is InChI=1S/C17H12ClNO5/c18-10-5-6-13(17(22)23)14(9-10)24-8-7-19-15(20)11-3-1-2-4-12(11)16(19)21/h1-6,9H,7-8H2,(H,22,23). The molecule has 0 atom stereocenters. The molecule has 24 heavy (non-hydrogen) atoms. The Labute approximate surface area is 142 Å². The fourth-order valence-electron chi connectivity index (χ4n) is 2.48. The van der Waals surface area contributed by atoms with E-state index in [4.69, 9.17) is 21.4 Å². The maximum atomic E-state index is 12.2. The second-order valence-electron chi connectivity index (χ2n) is 5.10. The van der Waals surface area contributed by atoms with Crippen LogP contribution in [-0.2, 0) is 0 Å². The van der Waals surface area contributed by atoms with Crippen molar-refractivity contribution < 1.29 is 24.2 Å². The van der Waals surface area contributed by atoms with Crippen molar-refractivity contribution in [3.05, 3.63) is 64.2 Å². The number of fused-ring (bicyclic) bond motifs is 1. The van der Waals surface area contributed by atoms with Crippen LogP contribution in [0.15, 0.2) is 42.5 Å². The molecule has 7 heteroatoms. The van der Waals surface area contributed by atoms with E-state index in [1.54, 1.807) is 24.3 Å². The molecular weight excluding hydrogens is 334 g/mol. The summed E-state index contributed by atoms with van der Waals surface area (Å²) in [6.45, 7) is -0.0238. The molecule has 2 amide bonds. The highest BCUT2D eigenvalue weighted by atomic mass is 35.5. The molecule has 1 aliphatic rings. The maximum Gasteiger partial charge on any atom is 0.339 e. The lowest BCUT2D eigenvalue weighted by atomic mass is 10.1. The van der Waals surface area contributed by atoms with E-state index in [-0.39, 0.29) is 36.3 Å². The first-order valence-corrected chi connectivity index (χ1v) is 7.47. The molecule has 6 nitrogen and oxygen atoms in total. The SMILES string of the molecule is O=C(O)c1ccc(Cl)cc1OCCN1C(=O)c2ccccc2C1=O. The van der Waals surface area contributed by atoms with Gasteiger partial charge in [0.25, 0.3) is 11.8 Å². The van der Waals surface area contributed by atoms with Gasteiger partial charge in [0.1, 0.15) is 17.9 Å². The van der Waals surface area contributed by atoms with Gasteiger partial charge < -0.3 is 9.84 Å². The van der Waals surface area contributed by atoms with Crippen LogP contribution in [-0.4, -0.2) is 40.9 Å². The van der Waals surface area contributed by atoms with Crippen LogP contribution in [0.4, 0.5) is 0 Å². The topological polar surface area (TPSA) is 83.9 Å². The lowest BCUT2D eigenvalue weighted by molar-refractivity contribution is 0.0621. The number of benzene rings is 2. The van der Waals surface area contributed by atoms with Crippen LogP contribution in [0, 0.1) is 0 Å². The molecule has 2 aromatic rings. The Balaban J connectivity index is 1.70. The van der Waals surface area contributed by atoms with Crippen molar-refractivity contribution in [2.45, 2.75) is 0 Å². The van der Waals surface area contributed by atoms with E-state index in [0.717, 1.165) is 4.90 Å². The molecule has 1 N–H and O–H groups in total. The van der Waals surface area contributed by atoms with Crippen LogP contribution >= 0.6 is 11.6 Å². The highest BCUT2D eigenvalue weighted by Crippen LogP contribution is 2.25. The van der Waals surface area contributed by atoms with Gasteiger partial charge in [-0.05, 0) is 30.3 Å². The van der Waals surface area contributed by atoms with Gasteiger partial charge in [0.2, 0.25) is 0 Å². The van der Waals surface area contributed by atoms with E-state index < -0.39 is 5.97 Å². The van der Waals surface area contributed by atoms with Gasteiger partial charge in [-0.3, -0.25) is 14.5 Å². The first-order chi connectivity index (χ1) is 11.5.